The molecule has 0 fully saturated rings. The third-order valence-electron chi connectivity index (χ3n) is 2.61. The van der Waals surface area contributed by atoms with Gasteiger partial charge in [-0.2, -0.15) is 0 Å². The lowest BCUT2D eigenvalue weighted by molar-refractivity contribution is 0.0601. The molecule has 0 aliphatic heterocycles. The van der Waals surface area contributed by atoms with Crippen LogP contribution in [0.15, 0.2) is 36.5 Å². The second-order valence-corrected chi connectivity index (χ2v) is 4.45. The van der Waals surface area contributed by atoms with Crippen molar-refractivity contribution in [3.05, 3.63) is 52.7 Å². The van der Waals surface area contributed by atoms with E-state index in [4.69, 9.17) is 22.1 Å². The zero-order valence-corrected chi connectivity index (χ0v) is 11.6. The molecule has 0 radical (unpaired) electrons. The van der Waals surface area contributed by atoms with Gasteiger partial charge in [-0.05, 0) is 17.7 Å². The number of hydrogen-bond acceptors (Lipinski definition) is 5. The normalized spacial score (nSPS) is 10.1. The van der Waals surface area contributed by atoms with E-state index in [1.165, 1.54) is 19.4 Å². The van der Waals surface area contributed by atoms with E-state index in [1.807, 2.05) is 12.1 Å². The Morgan fingerprint density at radius 3 is 2.70 bits per heavy atom. The predicted octanol–water partition coefficient (Wildman–Crippen LogP) is 2.68. The molecule has 0 atom stereocenters. The molecule has 0 saturated heterocycles. The maximum Gasteiger partial charge on any atom is 0.340 e. The molecule has 0 aliphatic rings. The first kappa shape index (κ1) is 14.1. The summed E-state index contributed by atoms with van der Waals surface area (Å²) in [7, 11) is 1.29. The van der Waals surface area contributed by atoms with Crippen LogP contribution in [0.4, 0.5) is 5.69 Å². The van der Waals surface area contributed by atoms with Gasteiger partial charge in [-0.1, -0.05) is 23.7 Å². The van der Waals surface area contributed by atoms with Crippen molar-refractivity contribution >= 4 is 23.3 Å². The lowest BCUT2D eigenvalue weighted by Gasteiger charge is -2.08. The first-order chi connectivity index (χ1) is 9.60. The van der Waals surface area contributed by atoms with Crippen molar-refractivity contribution in [1.82, 2.24) is 4.98 Å². The Morgan fingerprint density at radius 1 is 1.35 bits per heavy atom. The predicted molar refractivity (Wildman–Crippen MR) is 75.8 cm³/mol. The molecule has 6 heteroatoms. The standard InChI is InChI=1S/C14H13ClN2O3/c1-19-14(18)11-6-13(17-7-12(11)16)20-8-9-2-4-10(15)5-3-9/h2-7H,8,16H2,1H3. The maximum atomic E-state index is 11.5. The number of anilines is 1. The minimum atomic E-state index is -0.527. The Labute approximate surface area is 121 Å². The van der Waals surface area contributed by atoms with Crippen LogP contribution < -0.4 is 10.5 Å². The van der Waals surface area contributed by atoms with E-state index in [1.54, 1.807) is 12.1 Å². The van der Waals surface area contributed by atoms with Crippen LogP contribution in [-0.4, -0.2) is 18.1 Å². The number of methoxy groups -OCH3 is 1. The molecule has 0 aliphatic carbocycles. The van der Waals surface area contributed by atoms with Crippen molar-refractivity contribution in [3.63, 3.8) is 0 Å². The summed E-state index contributed by atoms with van der Waals surface area (Å²) in [5, 5.41) is 0.660. The number of nitrogen functional groups attached to an aromatic ring is 1. The quantitative estimate of drug-likeness (QED) is 0.877. The van der Waals surface area contributed by atoms with Crippen LogP contribution in [0.1, 0.15) is 15.9 Å². The zero-order chi connectivity index (χ0) is 14.5. The molecule has 2 aromatic rings. The van der Waals surface area contributed by atoms with Gasteiger partial charge in [-0.25, -0.2) is 9.78 Å². The summed E-state index contributed by atoms with van der Waals surface area (Å²) in [6.07, 6.45) is 1.36. The van der Waals surface area contributed by atoms with E-state index in [2.05, 4.69) is 9.72 Å². The molecule has 0 saturated carbocycles. The van der Waals surface area contributed by atoms with Crippen molar-refractivity contribution in [2.45, 2.75) is 6.61 Å². The van der Waals surface area contributed by atoms with Gasteiger partial charge in [0, 0.05) is 11.1 Å². The smallest absolute Gasteiger partial charge is 0.340 e. The van der Waals surface area contributed by atoms with E-state index in [-0.39, 0.29) is 11.3 Å². The molecule has 0 spiro atoms. The van der Waals surface area contributed by atoms with Gasteiger partial charge >= 0.3 is 5.97 Å². The number of nitrogens with two attached hydrogens (primary N) is 1. The molecule has 0 amide bonds. The monoisotopic (exact) mass is 292 g/mol. The third-order valence-corrected chi connectivity index (χ3v) is 2.87. The van der Waals surface area contributed by atoms with Crippen molar-refractivity contribution in [3.8, 4) is 5.88 Å². The lowest BCUT2D eigenvalue weighted by atomic mass is 10.2. The second-order valence-electron chi connectivity index (χ2n) is 4.02. The Bertz CT molecular complexity index is 614. The fourth-order valence-electron chi connectivity index (χ4n) is 1.55. The minimum absolute atomic E-state index is 0.230. The zero-order valence-electron chi connectivity index (χ0n) is 10.8. The lowest BCUT2D eigenvalue weighted by Crippen LogP contribution is -2.07. The number of esters is 1. The molecule has 20 heavy (non-hydrogen) atoms. The number of aromatic nitrogens is 1. The van der Waals surface area contributed by atoms with Crippen LogP contribution in [0.25, 0.3) is 0 Å². The number of nitrogens with zero attached hydrogens (tertiary/aromatic N) is 1. The summed E-state index contributed by atoms with van der Waals surface area (Å²) < 4.78 is 10.1. The van der Waals surface area contributed by atoms with E-state index >= 15 is 0 Å². The van der Waals surface area contributed by atoms with Gasteiger partial charge in [-0.3, -0.25) is 0 Å². The molecule has 5 nitrogen and oxygen atoms in total. The Morgan fingerprint density at radius 2 is 2.05 bits per heavy atom. The van der Waals surface area contributed by atoms with Gasteiger partial charge in [0.15, 0.2) is 0 Å². The molecule has 104 valence electrons. The van der Waals surface area contributed by atoms with Crippen LogP contribution in [0.2, 0.25) is 5.02 Å². The summed E-state index contributed by atoms with van der Waals surface area (Å²) in [5.74, 6) is -0.226. The topological polar surface area (TPSA) is 74.4 Å². The van der Waals surface area contributed by atoms with Crippen LogP contribution in [0.5, 0.6) is 5.88 Å². The number of hydrogen-bond donors (Lipinski definition) is 1. The van der Waals surface area contributed by atoms with Gasteiger partial charge in [0.25, 0.3) is 0 Å². The van der Waals surface area contributed by atoms with E-state index in [0.29, 0.717) is 17.5 Å². The summed E-state index contributed by atoms with van der Waals surface area (Å²) >= 11 is 5.80. The fraction of sp³-hybridized carbons (Fsp3) is 0.143. The summed E-state index contributed by atoms with van der Waals surface area (Å²) in [6, 6.07) is 8.70. The van der Waals surface area contributed by atoms with E-state index in [0.717, 1.165) is 5.56 Å². The molecule has 1 aromatic carbocycles. The van der Waals surface area contributed by atoms with Crippen LogP contribution in [-0.2, 0) is 11.3 Å². The molecule has 1 aromatic heterocycles. The first-order valence-electron chi connectivity index (χ1n) is 5.81. The van der Waals surface area contributed by atoms with Crippen molar-refractivity contribution in [2.24, 2.45) is 0 Å². The molecular weight excluding hydrogens is 280 g/mol. The highest BCUT2D eigenvalue weighted by atomic mass is 35.5. The van der Waals surface area contributed by atoms with Crippen molar-refractivity contribution < 1.29 is 14.3 Å². The highest BCUT2D eigenvalue weighted by molar-refractivity contribution is 6.30. The van der Waals surface area contributed by atoms with Crippen molar-refractivity contribution in [1.29, 1.82) is 0 Å². The molecule has 1 heterocycles. The van der Waals surface area contributed by atoms with Crippen molar-refractivity contribution in [2.75, 3.05) is 12.8 Å². The van der Waals surface area contributed by atoms with Crippen LogP contribution in [0, 0.1) is 0 Å². The Hall–Kier alpha value is -2.27. The number of carbonyl (C=O) groups is 1. The van der Waals surface area contributed by atoms with Gasteiger partial charge < -0.3 is 15.2 Å². The Kier molecular flexibility index (Phi) is 4.42. The van der Waals surface area contributed by atoms with Gasteiger partial charge in [-0.15, -0.1) is 0 Å². The number of halogens is 1. The number of ether oxygens (including phenoxy) is 2. The average Bonchev–Trinajstić information content (AvgIpc) is 2.47. The van der Waals surface area contributed by atoms with Crippen LogP contribution in [0.3, 0.4) is 0 Å². The van der Waals surface area contributed by atoms with Crippen LogP contribution >= 0.6 is 11.6 Å². The van der Waals surface area contributed by atoms with Gasteiger partial charge in [0.1, 0.15) is 6.61 Å². The molecule has 2 N–H and O–H groups in total. The second kappa shape index (κ2) is 6.25. The number of pyridine rings is 1. The van der Waals surface area contributed by atoms with E-state index in [9.17, 15) is 4.79 Å². The highest BCUT2D eigenvalue weighted by Gasteiger charge is 2.12. The summed E-state index contributed by atoms with van der Waals surface area (Å²) in [4.78, 5) is 15.5. The molecule has 0 bridgehead atoms. The highest BCUT2D eigenvalue weighted by Crippen LogP contribution is 2.18. The average molecular weight is 293 g/mol. The molecular formula is C14H13ClN2O3. The van der Waals surface area contributed by atoms with Gasteiger partial charge in [0.05, 0.1) is 24.6 Å². The largest absolute Gasteiger partial charge is 0.473 e. The third kappa shape index (κ3) is 3.39. The fourth-order valence-corrected chi connectivity index (χ4v) is 1.68. The number of benzene rings is 1. The first-order valence-corrected chi connectivity index (χ1v) is 6.19. The summed E-state index contributed by atoms with van der Waals surface area (Å²) in [6.45, 7) is 0.314. The van der Waals surface area contributed by atoms with E-state index < -0.39 is 5.97 Å². The van der Waals surface area contributed by atoms with Gasteiger partial charge in [0.2, 0.25) is 5.88 Å². The number of carbonyl (C=O) groups excluding carboxylic acids is 1. The SMILES string of the molecule is COC(=O)c1cc(OCc2ccc(Cl)cc2)ncc1N. The molecule has 0 unspecified atom stereocenters. The Balaban J connectivity index is 2.10. The summed E-state index contributed by atoms with van der Waals surface area (Å²) in [5.41, 5.74) is 7.07. The maximum absolute atomic E-state index is 11.5. The molecule has 2 rings (SSSR count). The minimum Gasteiger partial charge on any atom is -0.473 e. The number of rotatable bonds is 4.